The first-order chi connectivity index (χ1) is 15.3. The number of thiazole rings is 1. The number of benzene rings is 2. The lowest BCUT2D eigenvalue weighted by molar-refractivity contribution is -0.112. The van der Waals surface area contributed by atoms with Crippen LogP contribution >= 0.6 is 11.3 Å². The molecule has 1 N–H and O–H groups in total. The lowest BCUT2D eigenvalue weighted by Crippen LogP contribution is -2.18. The Kier molecular flexibility index (Phi) is 6.04. The number of allylic oxidation sites excluding steroid dienone is 1. The van der Waals surface area contributed by atoms with Crippen molar-refractivity contribution in [3.8, 4) is 28.5 Å². The molecule has 1 aliphatic rings. The van der Waals surface area contributed by atoms with Gasteiger partial charge in [-0.05, 0) is 42.0 Å². The summed E-state index contributed by atoms with van der Waals surface area (Å²) in [7, 11) is 1.55. The summed E-state index contributed by atoms with van der Waals surface area (Å²) in [6.45, 7) is 0.561. The van der Waals surface area contributed by atoms with Gasteiger partial charge in [0.1, 0.15) is 19.0 Å². The van der Waals surface area contributed by atoms with Crippen molar-refractivity contribution >= 4 is 27.9 Å². The van der Waals surface area contributed by atoms with Crippen molar-refractivity contribution in [3.05, 3.63) is 59.5 Å². The van der Waals surface area contributed by atoms with Crippen molar-refractivity contribution in [2.75, 3.05) is 25.6 Å². The maximum absolute atomic E-state index is 13.7. The summed E-state index contributed by atoms with van der Waals surface area (Å²) in [6, 6.07) is 11.0. The Morgan fingerprint density at radius 3 is 2.53 bits per heavy atom. The van der Waals surface area contributed by atoms with Crippen LogP contribution in [0, 0.1) is 0 Å². The van der Waals surface area contributed by atoms with Gasteiger partial charge in [-0.25, -0.2) is 4.98 Å². The Hall–Kier alpha value is -3.53. The van der Waals surface area contributed by atoms with Crippen LogP contribution in [0.5, 0.6) is 17.2 Å². The molecular formula is C22H17F3N2O4S. The standard InChI is InChI=1S/C22H17F3N2O4S/c1-29-15-5-2-13(3-6-15)17-12-32-21(26-17)27-20(28)11-16(22(23,24)25)14-4-7-18-19(10-14)31-9-8-30-18/h2-7,10-12H,8-9H2,1H3,(H,26,27,28). The lowest BCUT2D eigenvalue weighted by atomic mass is 10.0. The van der Waals surface area contributed by atoms with Crippen LogP contribution in [0.4, 0.5) is 18.3 Å². The summed E-state index contributed by atoms with van der Waals surface area (Å²) in [5.41, 5.74) is 0.0685. The molecule has 0 bridgehead atoms. The molecule has 0 unspecified atom stereocenters. The van der Waals surface area contributed by atoms with Crippen molar-refractivity contribution in [2.45, 2.75) is 6.18 Å². The van der Waals surface area contributed by atoms with Crippen molar-refractivity contribution in [1.29, 1.82) is 0 Å². The second-order valence-electron chi connectivity index (χ2n) is 6.67. The quantitative estimate of drug-likeness (QED) is 0.530. The highest BCUT2D eigenvalue weighted by molar-refractivity contribution is 7.14. The second-order valence-corrected chi connectivity index (χ2v) is 7.53. The number of nitrogens with zero attached hydrogens (tertiary/aromatic N) is 1. The fraction of sp³-hybridized carbons (Fsp3) is 0.182. The minimum absolute atomic E-state index is 0.181. The maximum atomic E-state index is 13.7. The molecule has 0 aliphatic carbocycles. The number of alkyl halides is 3. The van der Waals surface area contributed by atoms with Crippen molar-refractivity contribution in [2.24, 2.45) is 0 Å². The van der Waals surface area contributed by atoms with Gasteiger partial charge in [0, 0.05) is 17.0 Å². The van der Waals surface area contributed by atoms with Gasteiger partial charge in [-0.1, -0.05) is 6.07 Å². The van der Waals surface area contributed by atoms with E-state index in [1.165, 1.54) is 18.2 Å². The molecule has 32 heavy (non-hydrogen) atoms. The lowest BCUT2D eigenvalue weighted by Gasteiger charge is -2.20. The largest absolute Gasteiger partial charge is 0.497 e. The Labute approximate surface area is 185 Å². The summed E-state index contributed by atoms with van der Waals surface area (Å²) >= 11 is 1.11. The highest BCUT2D eigenvalue weighted by atomic mass is 32.1. The normalized spacial score (nSPS) is 13.6. The van der Waals surface area contributed by atoms with Gasteiger partial charge in [0.2, 0.25) is 0 Å². The minimum atomic E-state index is -4.75. The Bertz CT molecular complexity index is 1160. The second kappa shape index (κ2) is 8.91. The molecule has 2 heterocycles. The van der Waals surface area contributed by atoms with E-state index in [2.05, 4.69) is 10.3 Å². The van der Waals surface area contributed by atoms with Crippen LogP contribution in [0.1, 0.15) is 5.56 Å². The van der Waals surface area contributed by atoms with Gasteiger partial charge < -0.3 is 14.2 Å². The first-order valence-electron chi connectivity index (χ1n) is 9.43. The zero-order valence-corrected chi connectivity index (χ0v) is 17.5. The Morgan fingerprint density at radius 1 is 1.12 bits per heavy atom. The molecule has 10 heteroatoms. The molecule has 2 aromatic carbocycles. The number of fused-ring (bicyclic) bond motifs is 1. The highest BCUT2D eigenvalue weighted by Crippen LogP contribution is 2.39. The summed E-state index contributed by atoms with van der Waals surface area (Å²) in [4.78, 5) is 16.6. The molecule has 0 spiro atoms. The monoisotopic (exact) mass is 462 g/mol. The van der Waals surface area contributed by atoms with Crippen LogP contribution < -0.4 is 19.5 Å². The van der Waals surface area contributed by atoms with E-state index in [0.717, 1.165) is 16.9 Å². The number of carbonyl (C=O) groups excluding carboxylic acids is 1. The first kappa shape index (κ1) is 21.7. The third-order valence-electron chi connectivity index (χ3n) is 4.55. The van der Waals surface area contributed by atoms with Crippen molar-refractivity contribution in [1.82, 2.24) is 4.98 Å². The number of anilines is 1. The number of methoxy groups -OCH3 is 1. The number of aromatic nitrogens is 1. The Morgan fingerprint density at radius 2 is 1.84 bits per heavy atom. The summed E-state index contributed by atoms with van der Waals surface area (Å²) in [6.07, 6.45) is -4.24. The maximum Gasteiger partial charge on any atom is 0.417 e. The molecule has 166 valence electrons. The van der Waals surface area contributed by atoms with E-state index in [1.54, 1.807) is 36.8 Å². The van der Waals surface area contributed by atoms with E-state index < -0.39 is 17.7 Å². The minimum Gasteiger partial charge on any atom is -0.497 e. The molecule has 6 nitrogen and oxygen atoms in total. The molecule has 0 atom stereocenters. The molecule has 0 saturated carbocycles. The van der Waals surface area contributed by atoms with Gasteiger partial charge in [-0.15, -0.1) is 11.3 Å². The molecular weight excluding hydrogens is 445 g/mol. The third-order valence-corrected chi connectivity index (χ3v) is 5.31. The highest BCUT2D eigenvalue weighted by Gasteiger charge is 2.36. The fourth-order valence-electron chi connectivity index (χ4n) is 3.04. The summed E-state index contributed by atoms with van der Waals surface area (Å²) < 4.78 is 56.8. The molecule has 0 fully saturated rings. The van der Waals surface area contributed by atoms with Crippen LogP contribution in [0.3, 0.4) is 0 Å². The van der Waals surface area contributed by atoms with Crippen LogP contribution in [0.2, 0.25) is 0 Å². The molecule has 1 aliphatic heterocycles. The average molecular weight is 462 g/mol. The van der Waals surface area contributed by atoms with Gasteiger partial charge in [0.15, 0.2) is 16.6 Å². The van der Waals surface area contributed by atoms with Crippen LogP contribution in [0.15, 0.2) is 53.9 Å². The number of rotatable bonds is 5. The van der Waals surface area contributed by atoms with E-state index in [9.17, 15) is 18.0 Å². The van der Waals surface area contributed by atoms with Crippen molar-refractivity contribution < 1.29 is 32.2 Å². The van der Waals surface area contributed by atoms with Gasteiger partial charge in [0.05, 0.1) is 18.4 Å². The van der Waals surface area contributed by atoms with Crippen molar-refractivity contribution in [3.63, 3.8) is 0 Å². The van der Waals surface area contributed by atoms with E-state index in [-0.39, 0.29) is 23.1 Å². The molecule has 4 rings (SSSR count). The number of hydrogen-bond donors (Lipinski definition) is 1. The van der Waals surface area contributed by atoms with E-state index in [1.807, 2.05) is 0 Å². The molecule has 3 aromatic rings. The van der Waals surface area contributed by atoms with Gasteiger partial charge in [-0.2, -0.15) is 13.2 Å². The molecule has 0 radical (unpaired) electrons. The molecule has 1 amide bonds. The van der Waals surface area contributed by atoms with Crippen LogP contribution in [-0.4, -0.2) is 37.4 Å². The average Bonchev–Trinajstić information content (AvgIpc) is 3.25. The number of carbonyl (C=O) groups is 1. The number of nitrogens with one attached hydrogen (secondary N) is 1. The first-order valence-corrected chi connectivity index (χ1v) is 10.3. The fourth-order valence-corrected chi connectivity index (χ4v) is 3.76. The van der Waals surface area contributed by atoms with E-state index in [0.29, 0.717) is 29.9 Å². The van der Waals surface area contributed by atoms with Gasteiger partial charge in [-0.3, -0.25) is 10.1 Å². The smallest absolute Gasteiger partial charge is 0.417 e. The SMILES string of the molecule is COc1ccc(-c2csc(NC(=O)C=C(c3ccc4c(c3)OCCO4)C(F)(F)F)n2)cc1. The molecule has 0 saturated heterocycles. The zero-order valence-electron chi connectivity index (χ0n) is 16.7. The van der Waals surface area contributed by atoms with Crippen LogP contribution in [0.25, 0.3) is 16.8 Å². The topological polar surface area (TPSA) is 69.7 Å². The van der Waals surface area contributed by atoms with E-state index >= 15 is 0 Å². The summed E-state index contributed by atoms with van der Waals surface area (Å²) in [5, 5.41) is 4.28. The van der Waals surface area contributed by atoms with E-state index in [4.69, 9.17) is 14.2 Å². The third kappa shape index (κ3) is 4.86. The zero-order chi connectivity index (χ0) is 22.7. The van der Waals surface area contributed by atoms with Gasteiger partial charge >= 0.3 is 6.18 Å². The number of ether oxygens (including phenoxy) is 3. The number of amides is 1. The van der Waals surface area contributed by atoms with Crippen LogP contribution in [-0.2, 0) is 4.79 Å². The predicted octanol–water partition coefficient (Wildman–Crippen LogP) is 5.17. The molecule has 1 aromatic heterocycles. The number of hydrogen-bond acceptors (Lipinski definition) is 6. The number of halogens is 3. The Balaban J connectivity index is 1.54. The summed E-state index contributed by atoms with van der Waals surface area (Å²) in [5.74, 6) is 0.303. The predicted molar refractivity (Wildman–Crippen MR) is 114 cm³/mol. The van der Waals surface area contributed by atoms with Gasteiger partial charge in [0.25, 0.3) is 5.91 Å².